The first-order valence-electron chi connectivity index (χ1n) is 5.96. The van der Waals surface area contributed by atoms with E-state index >= 15 is 0 Å². The molecule has 2 aromatic rings. The molecule has 0 saturated heterocycles. The third kappa shape index (κ3) is 3.11. The van der Waals surface area contributed by atoms with Gasteiger partial charge in [0.2, 0.25) is 0 Å². The zero-order valence-electron chi connectivity index (χ0n) is 10.9. The first-order chi connectivity index (χ1) is 9.63. The molecule has 0 atom stereocenters. The number of esters is 1. The van der Waals surface area contributed by atoms with Crippen LogP contribution in [0.4, 0.5) is 5.69 Å². The van der Waals surface area contributed by atoms with Crippen LogP contribution in [-0.4, -0.2) is 13.1 Å². The van der Waals surface area contributed by atoms with Crippen molar-refractivity contribution in [3.05, 3.63) is 58.1 Å². The van der Waals surface area contributed by atoms with Crippen molar-refractivity contribution < 1.29 is 14.3 Å². The van der Waals surface area contributed by atoms with E-state index in [0.29, 0.717) is 17.0 Å². The maximum Gasteiger partial charge on any atom is 0.342 e. The number of carbonyl (C=O) groups excluding carboxylic acids is 1. The van der Waals surface area contributed by atoms with Gasteiger partial charge >= 0.3 is 5.97 Å². The summed E-state index contributed by atoms with van der Waals surface area (Å²) in [5.74, 6) is -0.130. The Morgan fingerprint density at radius 3 is 2.65 bits per heavy atom. The topological polar surface area (TPSA) is 61.5 Å². The molecule has 0 aliphatic rings. The highest BCUT2D eigenvalue weighted by atomic mass is 79.9. The van der Waals surface area contributed by atoms with Gasteiger partial charge in [-0.1, -0.05) is 40.2 Å². The number of ether oxygens (including phenoxy) is 2. The summed E-state index contributed by atoms with van der Waals surface area (Å²) in [4.78, 5) is 12.1. The predicted octanol–water partition coefficient (Wildman–Crippen LogP) is 3.40. The van der Waals surface area contributed by atoms with E-state index in [4.69, 9.17) is 15.2 Å². The molecule has 20 heavy (non-hydrogen) atoms. The summed E-state index contributed by atoms with van der Waals surface area (Å²) in [5.41, 5.74) is 7.38. The number of anilines is 1. The number of halogens is 1. The van der Waals surface area contributed by atoms with E-state index in [1.807, 2.05) is 24.3 Å². The summed E-state index contributed by atoms with van der Waals surface area (Å²) in [6.45, 7) is 0.179. The van der Waals surface area contributed by atoms with E-state index in [1.54, 1.807) is 18.2 Å². The van der Waals surface area contributed by atoms with Crippen molar-refractivity contribution in [2.75, 3.05) is 12.8 Å². The van der Waals surface area contributed by atoms with Gasteiger partial charge in [0.05, 0.1) is 12.8 Å². The Labute approximate surface area is 125 Å². The molecule has 2 rings (SSSR count). The minimum atomic E-state index is -0.468. The van der Waals surface area contributed by atoms with Crippen LogP contribution in [0.25, 0.3) is 0 Å². The summed E-state index contributed by atoms with van der Waals surface area (Å²) < 4.78 is 11.3. The summed E-state index contributed by atoms with van der Waals surface area (Å²) in [5, 5.41) is 0. The number of benzene rings is 2. The molecule has 0 spiro atoms. The van der Waals surface area contributed by atoms with Crippen molar-refractivity contribution in [1.29, 1.82) is 0 Å². The minimum Gasteiger partial charge on any atom is -0.494 e. The van der Waals surface area contributed by atoms with Crippen LogP contribution in [0.5, 0.6) is 5.75 Å². The highest BCUT2D eigenvalue weighted by Crippen LogP contribution is 2.27. The number of rotatable bonds is 4. The number of nitrogen functional groups attached to an aromatic ring is 1. The van der Waals surface area contributed by atoms with Gasteiger partial charge in [-0.25, -0.2) is 4.79 Å². The standard InChI is InChI=1S/C15H14BrNO3/c1-19-14-11(6-4-8-13(14)17)15(18)20-9-10-5-2-3-7-12(10)16/h2-8H,9,17H2,1H3. The van der Waals surface area contributed by atoms with E-state index in [-0.39, 0.29) is 6.61 Å². The average Bonchev–Trinajstić information content (AvgIpc) is 2.46. The molecule has 0 fully saturated rings. The molecule has 4 nitrogen and oxygen atoms in total. The number of para-hydroxylation sites is 1. The lowest BCUT2D eigenvalue weighted by atomic mass is 10.1. The molecule has 0 aliphatic carbocycles. The molecule has 0 heterocycles. The van der Waals surface area contributed by atoms with Gasteiger partial charge in [0.15, 0.2) is 5.75 Å². The van der Waals surface area contributed by atoms with Crippen molar-refractivity contribution in [2.24, 2.45) is 0 Å². The van der Waals surface area contributed by atoms with Crippen molar-refractivity contribution in [3.8, 4) is 5.75 Å². The maximum absolute atomic E-state index is 12.1. The van der Waals surface area contributed by atoms with Gasteiger partial charge in [0.25, 0.3) is 0 Å². The third-order valence-electron chi connectivity index (χ3n) is 2.79. The van der Waals surface area contributed by atoms with E-state index < -0.39 is 5.97 Å². The van der Waals surface area contributed by atoms with Crippen LogP contribution in [-0.2, 0) is 11.3 Å². The normalized spacial score (nSPS) is 10.1. The molecule has 0 saturated carbocycles. The fraction of sp³-hybridized carbons (Fsp3) is 0.133. The van der Waals surface area contributed by atoms with Gasteiger partial charge in [0, 0.05) is 10.0 Å². The van der Waals surface area contributed by atoms with Gasteiger partial charge in [0.1, 0.15) is 12.2 Å². The van der Waals surface area contributed by atoms with Crippen LogP contribution in [0.3, 0.4) is 0 Å². The Bertz CT molecular complexity index is 628. The monoisotopic (exact) mass is 335 g/mol. The van der Waals surface area contributed by atoms with E-state index in [1.165, 1.54) is 7.11 Å². The maximum atomic E-state index is 12.1. The zero-order valence-corrected chi connectivity index (χ0v) is 12.5. The first kappa shape index (κ1) is 14.4. The highest BCUT2D eigenvalue weighted by Gasteiger charge is 2.16. The van der Waals surface area contributed by atoms with Gasteiger partial charge in [-0.05, 0) is 18.2 Å². The molecule has 0 amide bonds. The molecule has 0 bridgehead atoms. The molecule has 104 valence electrons. The summed E-state index contributed by atoms with van der Waals surface area (Å²) in [6.07, 6.45) is 0. The minimum absolute atomic E-state index is 0.179. The lowest BCUT2D eigenvalue weighted by molar-refractivity contribution is 0.0468. The van der Waals surface area contributed by atoms with Gasteiger partial charge < -0.3 is 15.2 Å². The van der Waals surface area contributed by atoms with Crippen LogP contribution in [0, 0.1) is 0 Å². The largest absolute Gasteiger partial charge is 0.494 e. The molecule has 2 N–H and O–H groups in total. The van der Waals surface area contributed by atoms with Crippen molar-refractivity contribution in [1.82, 2.24) is 0 Å². The molecule has 2 aromatic carbocycles. The molecule has 0 radical (unpaired) electrons. The lowest BCUT2D eigenvalue weighted by Gasteiger charge is -2.11. The number of nitrogens with two attached hydrogens (primary N) is 1. The number of hydrogen-bond acceptors (Lipinski definition) is 4. The Hall–Kier alpha value is -2.01. The summed E-state index contributed by atoms with van der Waals surface area (Å²) in [7, 11) is 1.47. The Kier molecular flexibility index (Phi) is 4.63. The van der Waals surface area contributed by atoms with Gasteiger partial charge in [-0.2, -0.15) is 0 Å². The number of carbonyl (C=O) groups is 1. The quantitative estimate of drug-likeness (QED) is 0.687. The molecule has 0 aromatic heterocycles. The number of methoxy groups -OCH3 is 1. The van der Waals surface area contributed by atoms with E-state index in [9.17, 15) is 4.79 Å². The van der Waals surface area contributed by atoms with Crippen molar-refractivity contribution in [2.45, 2.75) is 6.61 Å². The second-order valence-corrected chi connectivity index (χ2v) is 4.95. The lowest BCUT2D eigenvalue weighted by Crippen LogP contribution is -2.08. The van der Waals surface area contributed by atoms with E-state index in [0.717, 1.165) is 10.0 Å². The van der Waals surface area contributed by atoms with Crippen molar-refractivity contribution >= 4 is 27.6 Å². The second-order valence-electron chi connectivity index (χ2n) is 4.10. The smallest absolute Gasteiger partial charge is 0.342 e. The summed E-state index contributed by atoms with van der Waals surface area (Å²) in [6, 6.07) is 12.5. The molecular formula is C15H14BrNO3. The average molecular weight is 336 g/mol. The Morgan fingerprint density at radius 2 is 1.95 bits per heavy atom. The fourth-order valence-electron chi connectivity index (χ4n) is 1.78. The van der Waals surface area contributed by atoms with Crippen LogP contribution < -0.4 is 10.5 Å². The van der Waals surface area contributed by atoms with Crippen LogP contribution in [0.1, 0.15) is 15.9 Å². The van der Waals surface area contributed by atoms with Gasteiger partial charge in [-0.3, -0.25) is 0 Å². The van der Waals surface area contributed by atoms with Crippen LogP contribution in [0.2, 0.25) is 0 Å². The molecule has 0 unspecified atom stereocenters. The molecule has 5 heteroatoms. The van der Waals surface area contributed by atoms with Gasteiger partial charge in [-0.15, -0.1) is 0 Å². The predicted molar refractivity (Wildman–Crippen MR) is 80.7 cm³/mol. The third-order valence-corrected chi connectivity index (χ3v) is 3.56. The Morgan fingerprint density at radius 1 is 1.20 bits per heavy atom. The van der Waals surface area contributed by atoms with E-state index in [2.05, 4.69) is 15.9 Å². The van der Waals surface area contributed by atoms with Crippen LogP contribution in [0.15, 0.2) is 46.9 Å². The van der Waals surface area contributed by atoms with Crippen LogP contribution >= 0.6 is 15.9 Å². The SMILES string of the molecule is COc1c(N)cccc1C(=O)OCc1ccccc1Br. The zero-order chi connectivity index (χ0) is 14.5. The Balaban J connectivity index is 2.14. The molecule has 0 aliphatic heterocycles. The van der Waals surface area contributed by atoms with Crippen molar-refractivity contribution in [3.63, 3.8) is 0 Å². The highest BCUT2D eigenvalue weighted by molar-refractivity contribution is 9.10. The first-order valence-corrected chi connectivity index (χ1v) is 6.75. The second kappa shape index (κ2) is 6.43. The number of hydrogen-bond donors (Lipinski definition) is 1. The fourth-order valence-corrected chi connectivity index (χ4v) is 2.18. The molecular weight excluding hydrogens is 322 g/mol. The summed E-state index contributed by atoms with van der Waals surface area (Å²) >= 11 is 3.41.